The lowest BCUT2D eigenvalue weighted by molar-refractivity contribution is -0.115. The first-order valence-electron chi connectivity index (χ1n) is 8.62. The van der Waals surface area contributed by atoms with Crippen molar-refractivity contribution in [2.75, 3.05) is 5.32 Å². The Bertz CT molecular complexity index is 1060. The topological polar surface area (TPSA) is 42.2 Å². The zero-order valence-electron chi connectivity index (χ0n) is 14.5. The molecule has 128 valence electrons. The average molecular weight is 341 g/mol. The summed E-state index contributed by atoms with van der Waals surface area (Å²) in [5.41, 5.74) is 5.75. The van der Waals surface area contributed by atoms with Crippen LogP contribution in [-0.2, 0) is 11.2 Å². The summed E-state index contributed by atoms with van der Waals surface area (Å²) in [5, 5.41) is 4.03. The predicted molar refractivity (Wildman–Crippen MR) is 105 cm³/mol. The van der Waals surface area contributed by atoms with E-state index in [0.29, 0.717) is 0 Å². The number of anilines is 1. The van der Waals surface area contributed by atoms with Crippen LogP contribution in [0.1, 0.15) is 11.1 Å². The number of amides is 1. The molecule has 0 saturated carbocycles. The second-order valence-electron chi connectivity index (χ2n) is 6.40. The number of benzene rings is 3. The highest BCUT2D eigenvalue weighted by atomic mass is 16.3. The molecule has 0 fully saturated rings. The van der Waals surface area contributed by atoms with Gasteiger partial charge in [0.25, 0.3) is 0 Å². The van der Waals surface area contributed by atoms with Gasteiger partial charge in [-0.15, -0.1) is 0 Å². The van der Waals surface area contributed by atoms with Crippen LogP contribution in [0.3, 0.4) is 0 Å². The van der Waals surface area contributed by atoms with E-state index in [2.05, 4.69) is 5.32 Å². The molecule has 0 atom stereocenters. The van der Waals surface area contributed by atoms with E-state index < -0.39 is 0 Å². The van der Waals surface area contributed by atoms with Gasteiger partial charge in [-0.05, 0) is 30.2 Å². The van der Waals surface area contributed by atoms with Crippen molar-refractivity contribution in [2.24, 2.45) is 0 Å². The SMILES string of the molecule is Cc1ccc2c(CC(=O)Nc3ccccc3-c3ccccc3)coc2c1. The first kappa shape index (κ1) is 16.2. The minimum Gasteiger partial charge on any atom is -0.464 e. The van der Waals surface area contributed by atoms with Crippen LogP contribution in [0.5, 0.6) is 0 Å². The molecule has 0 aliphatic heterocycles. The maximum absolute atomic E-state index is 12.6. The molecule has 0 aliphatic carbocycles. The first-order valence-corrected chi connectivity index (χ1v) is 8.62. The third kappa shape index (κ3) is 3.24. The normalized spacial score (nSPS) is 10.8. The van der Waals surface area contributed by atoms with Gasteiger partial charge in [-0.2, -0.15) is 0 Å². The van der Waals surface area contributed by atoms with Crippen molar-refractivity contribution in [3.8, 4) is 11.1 Å². The van der Waals surface area contributed by atoms with Gasteiger partial charge >= 0.3 is 0 Å². The number of hydrogen-bond donors (Lipinski definition) is 1. The van der Waals surface area contributed by atoms with E-state index >= 15 is 0 Å². The smallest absolute Gasteiger partial charge is 0.228 e. The van der Waals surface area contributed by atoms with Crippen LogP contribution < -0.4 is 5.32 Å². The summed E-state index contributed by atoms with van der Waals surface area (Å²) in [7, 11) is 0. The van der Waals surface area contributed by atoms with E-state index in [1.165, 1.54) is 0 Å². The maximum atomic E-state index is 12.6. The molecule has 3 heteroatoms. The van der Waals surface area contributed by atoms with E-state index in [9.17, 15) is 4.79 Å². The monoisotopic (exact) mass is 341 g/mol. The number of furan rings is 1. The number of hydrogen-bond acceptors (Lipinski definition) is 2. The lowest BCUT2D eigenvalue weighted by Crippen LogP contribution is -2.14. The molecule has 0 aliphatic rings. The molecule has 0 spiro atoms. The van der Waals surface area contributed by atoms with E-state index in [0.717, 1.165) is 38.9 Å². The average Bonchev–Trinajstić information content (AvgIpc) is 3.04. The van der Waals surface area contributed by atoms with Crippen molar-refractivity contribution >= 4 is 22.6 Å². The van der Waals surface area contributed by atoms with Crippen LogP contribution in [0.15, 0.2) is 83.5 Å². The van der Waals surface area contributed by atoms with Crippen LogP contribution in [0.4, 0.5) is 5.69 Å². The van der Waals surface area contributed by atoms with Gasteiger partial charge in [0.1, 0.15) is 5.58 Å². The molecular weight excluding hydrogens is 322 g/mol. The molecule has 26 heavy (non-hydrogen) atoms. The summed E-state index contributed by atoms with van der Waals surface area (Å²) in [6, 6.07) is 23.9. The molecule has 0 radical (unpaired) electrons. The van der Waals surface area contributed by atoms with Gasteiger partial charge in [0.15, 0.2) is 0 Å². The Kier molecular flexibility index (Phi) is 4.28. The molecule has 1 aromatic heterocycles. The molecule has 1 heterocycles. The Balaban J connectivity index is 1.57. The molecule has 4 rings (SSSR count). The van der Waals surface area contributed by atoms with Crippen molar-refractivity contribution in [3.63, 3.8) is 0 Å². The number of rotatable bonds is 4. The van der Waals surface area contributed by atoms with E-state index in [1.54, 1.807) is 6.26 Å². The fourth-order valence-corrected chi connectivity index (χ4v) is 3.16. The number of carbonyl (C=O) groups is 1. The lowest BCUT2D eigenvalue weighted by Gasteiger charge is -2.11. The Morgan fingerprint density at radius 3 is 2.58 bits per heavy atom. The fourth-order valence-electron chi connectivity index (χ4n) is 3.16. The number of nitrogens with one attached hydrogen (secondary N) is 1. The third-order valence-corrected chi connectivity index (χ3v) is 4.45. The van der Waals surface area contributed by atoms with Crippen molar-refractivity contribution < 1.29 is 9.21 Å². The van der Waals surface area contributed by atoms with E-state index in [-0.39, 0.29) is 12.3 Å². The number of para-hydroxylation sites is 1. The van der Waals surface area contributed by atoms with Crippen LogP contribution in [0.2, 0.25) is 0 Å². The minimum atomic E-state index is -0.0587. The Hall–Kier alpha value is -3.33. The summed E-state index contributed by atoms with van der Waals surface area (Å²) in [6.07, 6.45) is 1.95. The quantitative estimate of drug-likeness (QED) is 0.526. The van der Waals surface area contributed by atoms with Crippen molar-refractivity contribution in [1.82, 2.24) is 0 Å². The summed E-state index contributed by atoms with van der Waals surface area (Å²) >= 11 is 0. The van der Waals surface area contributed by atoms with E-state index in [4.69, 9.17) is 4.42 Å². The zero-order valence-corrected chi connectivity index (χ0v) is 14.5. The lowest BCUT2D eigenvalue weighted by atomic mass is 10.0. The molecular formula is C23H19NO2. The minimum absolute atomic E-state index is 0.0587. The van der Waals surface area contributed by atoms with Crippen molar-refractivity contribution in [2.45, 2.75) is 13.3 Å². The summed E-state index contributed by atoms with van der Waals surface area (Å²) < 4.78 is 5.59. The van der Waals surface area contributed by atoms with Gasteiger partial charge in [-0.25, -0.2) is 0 Å². The molecule has 4 aromatic rings. The Labute approximate surface area is 152 Å². The van der Waals surface area contributed by atoms with Crippen molar-refractivity contribution in [1.29, 1.82) is 0 Å². The van der Waals surface area contributed by atoms with Crippen LogP contribution in [0, 0.1) is 6.92 Å². The molecule has 3 nitrogen and oxygen atoms in total. The summed E-state index contributed by atoms with van der Waals surface area (Å²) in [4.78, 5) is 12.6. The van der Waals surface area contributed by atoms with Gasteiger partial charge in [0.05, 0.1) is 12.7 Å². The number of fused-ring (bicyclic) bond motifs is 1. The second-order valence-corrected chi connectivity index (χ2v) is 6.40. The van der Waals surface area contributed by atoms with Crippen LogP contribution >= 0.6 is 0 Å². The Morgan fingerprint density at radius 1 is 0.962 bits per heavy atom. The van der Waals surface area contributed by atoms with E-state index in [1.807, 2.05) is 79.7 Å². The molecule has 0 saturated heterocycles. The summed E-state index contributed by atoms with van der Waals surface area (Å²) in [6.45, 7) is 2.02. The van der Waals surface area contributed by atoms with Crippen LogP contribution in [-0.4, -0.2) is 5.91 Å². The van der Waals surface area contributed by atoms with Gasteiger partial charge in [0.2, 0.25) is 5.91 Å². The van der Waals surface area contributed by atoms with Gasteiger partial charge in [-0.1, -0.05) is 60.7 Å². The summed E-state index contributed by atoms with van der Waals surface area (Å²) in [5.74, 6) is -0.0587. The van der Waals surface area contributed by atoms with Gasteiger partial charge < -0.3 is 9.73 Å². The fraction of sp³-hybridized carbons (Fsp3) is 0.0870. The number of carbonyl (C=O) groups excluding carboxylic acids is 1. The van der Waals surface area contributed by atoms with Crippen LogP contribution in [0.25, 0.3) is 22.1 Å². The molecule has 0 bridgehead atoms. The number of aryl methyl sites for hydroxylation is 1. The van der Waals surface area contributed by atoms with Gasteiger partial charge in [-0.3, -0.25) is 4.79 Å². The maximum Gasteiger partial charge on any atom is 0.228 e. The molecule has 1 N–H and O–H groups in total. The van der Waals surface area contributed by atoms with Crippen molar-refractivity contribution in [3.05, 3.63) is 90.2 Å². The molecule has 0 unspecified atom stereocenters. The molecule has 3 aromatic carbocycles. The first-order chi connectivity index (χ1) is 12.7. The largest absolute Gasteiger partial charge is 0.464 e. The highest BCUT2D eigenvalue weighted by Crippen LogP contribution is 2.28. The highest BCUT2D eigenvalue weighted by molar-refractivity contribution is 5.98. The zero-order chi connectivity index (χ0) is 17.9. The van der Waals surface area contributed by atoms with Gasteiger partial charge in [0, 0.05) is 22.2 Å². The Morgan fingerprint density at radius 2 is 1.73 bits per heavy atom. The molecule has 1 amide bonds. The predicted octanol–water partition coefficient (Wildman–Crippen LogP) is 5.59. The standard InChI is InChI=1S/C23H19NO2/c1-16-11-12-20-18(15-26-22(20)13-16)14-23(25)24-21-10-6-5-9-19(21)17-7-3-2-4-8-17/h2-13,15H,14H2,1H3,(H,24,25). The second kappa shape index (κ2) is 6.89. The highest BCUT2D eigenvalue weighted by Gasteiger charge is 2.12. The third-order valence-electron chi connectivity index (χ3n) is 4.45.